The molecule has 0 heterocycles. The van der Waals surface area contributed by atoms with E-state index in [1.54, 1.807) is 17.0 Å². The quantitative estimate of drug-likeness (QED) is 0.884. The Bertz CT molecular complexity index is 764. The van der Waals surface area contributed by atoms with E-state index in [0.717, 1.165) is 11.6 Å². The average Bonchev–Trinajstić information content (AvgIpc) is 2.55. The van der Waals surface area contributed by atoms with E-state index in [4.69, 9.17) is 11.6 Å². The molecule has 2 rings (SSSR count). The Labute approximate surface area is 145 Å². The van der Waals surface area contributed by atoms with Gasteiger partial charge >= 0.3 is 0 Å². The third kappa shape index (κ3) is 4.32. The molecule has 0 spiro atoms. The first-order valence-electron chi connectivity index (χ1n) is 7.52. The van der Waals surface area contributed by atoms with E-state index in [1.165, 1.54) is 19.1 Å². The summed E-state index contributed by atoms with van der Waals surface area (Å²) in [6, 6.07) is 10.9. The van der Waals surface area contributed by atoms with Gasteiger partial charge in [0.2, 0.25) is 5.91 Å². The van der Waals surface area contributed by atoms with Crippen LogP contribution in [-0.4, -0.2) is 23.3 Å². The summed E-state index contributed by atoms with van der Waals surface area (Å²) < 4.78 is 13.8. The minimum atomic E-state index is -0.645. The van der Waals surface area contributed by atoms with Crippen molar-refractivity contribution in [1.29, 1.82) is 0 Å². The summed E-state index contributed by atoms with van der Waals surface area (Å²) in [5, 5.41) is 2.97. The van der Waals surface area contributed by atoms with Crippen molar-refractivity contribution in [2.75, 3.05) is 11.9 Å². The number of carbonyl (C=O) groups excluding carboxylic acids is 2. The minimum absolute atomic E-state index is 0.0560. The zero-order valence-corrected chi connectivity index (χ0v) is 14.2. The van der Waals surface area contributed by atoms with Crippen molar-refractivity contribution in [3.63, 3.8) is 0 Å². The first kappa shape index (κ1) is 17.9. The molecule has 0 bridgehead atoms. The van der Waals surface area contributed by atoms with Gasteiger partial charge in [-0.25, -0.2) is 4.39 Å². The molecule has 24 heavy (non-hydrogen) atoms. The van der Waals surface area contributed by atoms with Gasteiger partial charge in [-0.1, -0.05) is 29.8 Å². The van der Waals surface area contributed by atoms with Gasteiger partial charge in [0.1, 0.15) is 5.82 Å². The number of hydrogen-bond donors (Lipinski definition) is 1. The van der Waals surface area contributed by atoms with Crippen LogP contribution in [-0.2, 0) is 11.3 Å². The molecule has 0 aromatic heterocycles. The smallest absolute Gasteiger partial charge is 0.258 e. The number of carbonyl (C=O) groups is 2. The summed E-state index contributed by atoms with van der Waals surface area (Å²) in [5.74, 6) is -1.29. The third-order valence-corrected chi connectivity index (χ3v) is 3.86. The standard InChI is InChI=1S/C18H18ClFN2O2/c1-3-22(12(2)23)11-13-6-4-5-7-17(13)21-18(24)15-10-14(19)8-9-16(15)20/h4-10H,3,11H2,1-2H3,(H,21,24). The number of hydrogen-bond acceptors (Lipinski definition) is 2. The number of benzene rings is 2. The number of rotatable bonds is 5. The highest BCUT2D eigenvalue weighted by atomic mass is 35.5. The molecule has 2 aromatic rings. The average molecular weight is 349 g/mol. The van der Waals surface area contributed by atoms with Crippen LogP contribution in [0.1, 0.15) is 29.8 Å². The fourth-order valence-corrected chi connectivity index (χ4v) is 2.46. The van der Waals surface area contributed by atoms with Crippen molar-refractivity contribution < 1.29 is 14.0 Å². The topological polar surface area (TPSA) is 49.4 Å². The number of halogens is 2. The summed E-state index contributed by atoms with van der Waals surface area (Å²) in [4.78, 5) is 25.6. The lowest BCUT2D eigenvalue weighted by Crippen LogP contribution is -2.28. The fraction of sp³-hybridized carbons (Fsp3) is 0.222. The molecule has 126 valence electrons. The molecule has 0 saturated heterocycles. The number of para-hydroxylation sites is 1. The van der Waals surface area contributed by atoms with Crippen LogP contribution in [0.3, 0.4) is 0 Å². The lowest BCUT2D eigenvalue weighted by atomic mass is 10.1. The van der Waals surface area contributed by atoms with Crippen molar-refractivity contribution in [2.24, 2.45) is 0 Å². The second-order valence-corrected chi connectivity index (χ2v) is 5.71. The molecule has 4 nitrogen and oxygen atoms in total. The molecule has 0 radical (unpaired) electrons. The Hall–Kier alpha value is -2.40. The van der Waals surface area contributed by atoms with E-state index in [9.17, 15) is 14.0 Å². The van der Waals surface area contributed by atoms with Gasteiger partial charge in [0.15, 0.2) is 0 Å². The van der Waals surface area contributed by atoms with E-state index in [-0.39, 0.29) is 16.5 Å². The molecule has 0 aliphatic heterocycles. The summed E-state index contributed by atoms with van der Waals surface area (Å²) in [6.45, 7) is 4.29. The Morgan fingerprint density at radius 3 is 2.58 bits per heavy atom. The second-order valence-electron chi connectivity index (χ2n) is 5.27. The predicted octanol–water partition coefficient (Wildman–Crippen LogP) is 4.10. The van der Waals surface area contributed by atoms with Crippen molar-refractivity contribution in [3.8, 4) is 0 Å². The summed E-state index contributed by atoms with van der Waals surface area (Å²) in [7, 11) is 0. The van der Waals surface area contributed by atoms with E-state index in [1.807, 2.05) is 19.1 Å². The maximum absolute atomic E-state index is 13.8. The molecule has 6 heteroatoms. The third-order valence-electron chi connectivity index (χ3n) is 3.63. The number of anilines is 1. The van der Waals surface area contributed by atoms with Gasteiger partial charge in [0.05, 0.1) is 5.56 Å². The molecule has 2 aromatic carbocycles. The molecular weight excluding hydrogens is 331 g/mol. The second kappa shape index (κ2) is 7.93. The molecule has 0 saturated carbocycles. The van der Waals surface area contributed by atoms with Gasteiger partial charge < -0.3 is 10.2 Å². The van der Waals surface area contributed by atoms with Gasteiger partial charge in [-0.15, -0.1) is 0 Å². The molecule has 0 fully saturated rings. The van der Waals surface area contributed by atoms with Crippen LogP contribution in [0.4, 0.5) is 10.1 Å². The predicted molar refractivity (Wildman–Crippen MR) is 92.6 cm³/mol. The van der Waals surface area contributed by atoms with Crippen molar-refractivity contribution in [2.45, 2.75) is 20.4 Å². The molecule has 0 unspecified atom stereocenters. The number of amides is 2. The first-order chi connectivity index (χ1) is 11.4. The summed E-state index contributed by atoms with van der Waals surface area (Å²) in [6.07, 6.45) is 0. The molecule has 1 N–H and O–H groups in total. The lowest BCUT2D eigenvalue weighted by molar-refractivity contribution is -0.129. The largest absolute Gasteiger partial charge is 0.339 e. The normalized spacial score (nSPS) is 10.3. The van der Waals surface area contributed by atoms with Crippen molar-refractivity contribution in [3.05, 3.63) is 64.4 Å². The van der Waals surface area contributed by atoms with Gasteiger partial charge in [0, 0.05) is 30.7 Å². The van der Waals surface area contributed by atoms with Crippen LogP contribution in [0.5, 0.6) is 0 Å². The van der Waals surface area contributed by atoms with Crippen molar-refractivity contribution >= 4 is 29.1 Å². The van der Waals surface area contributed by atoms with Gasteiger partial charge in [-0.2, -0.15) is 0 Å². The van der Waals surface area contributed by atoms with Gasteiger partial charge in [0.25, 0.3) is 5.91 Å². The van der Waals surface area contributed by atoms with Crippen LogP contribution in [0, 0.1) is 5.82 Å². The number of nitrogens with zero attached hydrogens (tertiary/aromatic N) is 1. The highest BCUT2D eigenvalue weighted by Crippen LogP contribution is 2.20. The molecule has 0 aliphatic rings. The van der Waals surface area contributed by atoms with E-state index in [0.29, 0.717) is 18.8 Å². The van der Waals surface area contributed by atoms with E-state index in [2.05, 4.69) is 5.32 Å². The number of nitrogens with one attached hydrogen (secondary N) is 1. The van der Waals surface area contributed by atoms with Crippen LogP contribution in [0.15, 0.2) is 42.5 Å². The zero-order chi connectivity index (χ0) is 17.7. The molecule has 0 aliphatic carbocycles. The minimum Gasteiger partial charge on any atom is -0.339 e. The van der Waals surface area contributed by atoms with E-state index >= 15 is 0 Å². The van der Waals surface area contributed by atoms with Gasteiger partial charge in [-0.3, -0.25) is 9.59 Å². The molecule has 0 atom stereocenters. The fourth-order valence-electron chi connectivity index (χ4n) is 2.29. The Morgan fingerprint density at radius 1 is 1.21 bits per heavy atom. The highest BCUT2D eigenvalue weighted by molar-refractivity contribution is 6.31. The summed E-state index contributed by atoms with van der Waals surface area (Å²) >= 11 is 5.83. The Morgan fingerprint density at radius 2 is 1.92 bits per heavy atom. The lowest BCUT2D eigenvalue weighted by Gasteiger charge is -2.21. The first-order valence-corrected chi connectivity index (χ1v) is 7.90. The van der Waals surface area contributed by atoms with Gasteiger partial charge in [-0.05, 0) is 36.8 Å². The SMILES string of the molecule is CCN(Cc1ccccc1NC(=O)c1cc(Cl)ccc1F)C(C)=O. The summed E-state index contributed by atoms with van der Waals surface area (Å²) in [5.41, 5.74) is 1.17. The van der Waals surface area contributed by atoms with Crippen LogP contribution < -0.4 is 5.32 Å². The van der Waals surface area contributed by atoms with Crippen LogP contribution >= 0.6 is 11.6 Å². The highest BCUT2D eigenvalue weighted by Gasteiger charge is 2.15. The zero-order valence-electron chi connectivity index (χ0n) is 13.5. The van der Waals surface area contributed by atoms with Crippen molar-refractivity contribution in [1.82, 2.24) is 4.90 Å². The van der Waals surface area contributed by atoms with Crippen LogP contribution in [0.2, 0.25) is 5.02 Å². The van der Waals surface area contributed by atoms with E-state index < -0.39 is 11.7 Å². The maximum atomic E-state index is 13.8. The maximum Gasteiger partial charge on any atom is 0.258 e. The monoisotopic (exact) mass is 348 g/mol. The Kier molecular flexibility index (Phi) is 5.93. The van der Waals surface area contributed by atoms with Crippen LogP contribution in [0.25, 0.3) is 0 Å². The molecule has 2 amide bonds. The molecular formula is C18H18ClFN2O2. The Balaban J connectivity index is 2.25.